The van der Waals surface area contributed by atoms with Crippen LogP contribution in [-0.4, -0.2) is 56.0 Å². The lowest BCUT2D eigenvalue weighted by Gasteiger charge is -2.45. The maximum atomic E-state index is 12.3. The monoisotopic (exact) mass is 493 g/mol. The molecule has 0 spiro atoms. The van der Waals surface area contributed by atoms with Crippen LogP contribution in [0.25, 0.3) is 0 Å². The Balaban J connectivity index is 1.50. The maximum absolute atomic E-state index is 12.3. The zero-order chi connectivity index (χ0) is 24.5. The quantitative estimate of drug-likeness (QED) is 0.367. The molecule has 13 heteroatoms. The second-order valence-electron chi connectivity index (χ2n) is 8.27. The summed E-state index contributed by atoms with van der Waals surface area (Å²) in [5, 5.41) is 22.9. The summed E-state index contributed by atoms with van der Waals surface area (Å²) in [5.74, 6) is 0.614. The van der Waals surface area contributed by atoms with E-state index in [1.807, 2.05) is 17.9 Å². The lowest BCUT2D eigenvalue weighted by atomic mass is 9.97. The van der Waals surface area contributed by atoms with E-state index in [2.05, 4.69) is 30.8 Å². The van der Waals surface area contributed by atoms with Crippen molar-refractivity contribution in [2.45, 2.75) is 42.1 Å². The number of β-amino-alcohol motifs (C(OH)–C–C–N with tert-alkyl or cyclic N) is 1. The number of carbonyl (C=O) groups excluding carboxylic acids is 1. The van der Waals surface area contributed by atoms with E-state index in [0.29, 0.717) is 35.7 Å². The fourth-order valence-corrected chi connectivity index (χ4v) is 4.10. The van der Waals surface area contributed by atoms with Crippen molar-refractivity contribution in [2.75, 3.05) is 28.6 Å². The highest BCUT2D eigenvalue weighted by Gasteiger charge is 2.37. The van der Waals surface area contributed by atoms with Gasteiger partial charge in [-0.3, -0.25) is 9.89 Å². The van der Waals surface area contributed by atoms with Gasteiger partial charge >= 0.3 is 6.18 Å². The summed E-state index contributed by atoms with van der Waals surface area (Å²) in [4.78, 5) is 23.2. The number of anilines is 4. The number of hydrogen-bond donors (Lipinski definition) is 4. The molecule has 3 heterocycles. The number of carbonyl (C=O) groups is 1. The summed E-state index contributed by atoms with van der Waals surface area (Å²) in [6.07, 6.45) is -6.11. The van der Waals surface area contributed by atoms with E-state index >= 15 is 0 Å². The van der Waals surface area contributed by atoms with Crippen molar-refractivity contribution in [3.05, 3.63) is 42.1 Å². The predicted molar refractivity (Wildman–Crippen MR) is 121 cm³/mol. The predicted octanol–water partition coefficient (Wildman–Crippen LogP) is 3.86. The van der Waals surface area contributed by atoms with Gasteiger partial charge in [-0.2, -0.15) is 18.3 Å². The Morgan fingerprint density at radius 3 is 2.50 bits per heavy atom. The third-order valence-electron chi connectivity index (χ3n) is 4.75. The molecule has 0 unspecified atom stereocenters. The van der Waals surface area contributed by atoms with E-state index in [9.17, 15) is 23.1 Å². The fraction of sp³-hybridized carbons (Fsp3) is 0.333. The van der Waals surface area contributed by atoms with Gasteiger partial charge in [-0.25, -0.2) is 9.97 Å². The molecule has 1 aromatic carbocycles. The Morgan fingerprint density at radius 2 is 1.91 bits per heavy atom. The Hall–Kier alpha value is -3.32. The molecular formula is C21H22F3N7O2S. The third-order valence-corrected chi connectivity index (χ3v) is 5.62. The van der Waals surface area contributed by atoms with Gasteiger partial charge in [-0.15, -0.1) is 0 Å². The molecular weight excluding hydrogens is 471 g/mol. The normalized spacial score (nSPS) is 15.1. The standard InChI is InChI=1S/C21H22F3N7O2S/c1-12-7-16(30-29-12)26-15-8-17(31-10-20(2,33)11-31)28-19(27-15)34-14-5-3-13(4-6-14)25-18(32)9-21(22,23)24/h3-8,33H,9-11H2,1-2H3,(H,25,32)(H2,26,27,28,29,30). The van der Waals surface area contributed by atoms with Gasteiger partial charge in [0.1, 0.15) is 18.1 Å². The molecule has 0 bridgehead atoms. The number of hydrogen-bond acceptors (Lipinski definition) is 8. The molecule has 1 amide bonds. The van der Waals surface area contributed by atoms with Gasteiger partial charge < -0.3 is 20.6 Å². The number of aromatic amines is 1. The van der Waals surface area contributed by atoms with Crippen LogP contribution < -0.4 is 15.5 Å². The molecule has 1 saturated heterocycles. The highest BCUT2D eigenvalue weighted by molar-refractivity contribution is 7.99. The number of nitrogens with zero attached hydrogens (tertiary/aromatic N) is 4. The van der Waals surface area contributed by atoms with Gasteiger partial charge in [0.05, 0.1) is 5.60 Å². The number of benzene rings is 1. The minimum absolute atomic E-state index is 0.257. The zero-order valence-corrected chi connectivity index (χ0v) is 19.1. The molecule has 0 atom stereocenters. The van der Waals surface area contributed by atoms with Crippen LogP contribution in [0.2, 0.25) is 0 Å². The van der Waals surface area contributed by atoms with Crippen LogP contribution in [0, 0.1) is 6.92 Å². The number of amides is 1. The molecule has 9 nitrogen and oxygen atoms in total. The number of halogens is 3. The topological polar surface area (TPSA) is 119 Å². The van der Waals surface area contributed by atoms with Crippen molar-refractivity contribution in [1.29, 1.82) is 0 Å². The number of rotatable bonds is 7. The van der Waals surface area contributed by atoms with Gasteiger partial charge in [0, 0.05) is 41.5 Å². The van der Waals surface area contributed by atoms with Crippen molar-refractivity contribution in [3.63, 3.8) is 0 Å². The number of aromatic nitrogens is 4. The van der Waals surface area contributed by atoms with Crippen molar-refractivity contribution < 1.29 is 23.1 Å². The third kappa shape index (κ3) is 6.38. The first-order valence-corrected chi connectivity index (χ1v) is 11.1. The molecule has 4 rings (SSSR count). The lowest BCUT2D eigenvalue weighted by molar-refractivity contribution is -0.150. The van der Waals surface area contributed by atoms with Gasteiger partial charge in [0.2, 0.25) is 5.91 Å². The van der Waals surface area contributed by atoms with Gasteiger partial charge in [-0.1, -0.05) is 0 Å². The number of aliphatic hydroxyl groups is 1. The van der Waals surface area contributed by atoms with Gasteiger partial charge in [0.15, 0.2) is 11.0 Å². The first-order valence-electron chi connectivity index (χ1n) is 10.2. The van der Waals surface area contributed by atoms with E-state index in [4.69, 9.17) is 0 Å². The van der Waals surface area contributed by atoms with Crippen LogP contribution in [-0.2, 0) is 4.79 Å². The average molecular weight is 494 g/mol. The smallest absolute Gasteiger partial charge is 0.386 e. The molecule has 180 valence electrons. The molecule has 0 aliphatic carbocycles. The van der Waals surface area contributed by atoms with Gasteiger partial charge in [-0.05, 0) is 49.9 Å². The fourth-order valence-electron chi connectivity index (χ4n) is 3.33. The Bertz CT molecular complexity index is 1170. The van der Waals surface area contributed by atoms with E-state index in [1.54, 1.807) is 25.1 Å². The summed E-state index contributed by atoms with van der Waals surface area (Å²) in [6.45, 7) is 4.49. The van der Waals surface area contributed by atoms with Crippen molar-refractivity contribution in [3.8, 4) is 0 Å². The molecule has 1 aliphatic rings. The average Bonchev–Trinajstić information content (AvgIpc) is 3.10. The molecule has 2 aromatic heterocycles. The van der Waals surface area contributed by atoms with Crippen LogP contribution in [0.15, 0.2) is 46.5 Å². The van der Waals surface area contributed by atoms with Crippen LogP contribution in [0.4, 0.5) is 36.3 Å². The summed E-state index contributed by atoms with van der Waals surface area (Å²) in [7, 11) is 0. The lowest BCUT2D eigenvalue weighted by Crippen LogP contribution is -2.60. The Labute approximate surface area is 197 Å². The minimum Gasteiger partial charge on any atom is -0.386 e. The maximum Gasteiger partial charge on any atom is 0.397 e. The first-order chi connectivity index (χ1) is 15.9. The molecule has 34 heavy (non-hydrogen) atoms. The minimum atomic E-state index is -4.56. The largest absolute Gasteiger partial charge is 0.397 e. The highest BCUT2D eigenvalue weighted by atomic mass is 32.2. The van der Waals surface area contributed by atoms with E-state index < -0.39 is 24.1 Å². The van der Waals surface area contributed by atoms with Crippen LogP contribution >= 0.6 is 11.8 Å². The van der Waals surface area contributed by atoms with Crippen LogP contribution in [0.3, 0.4) is 0 Å². The second kappa shape index (κ2) is 9.14. The van der Waals surface area contributed by atoms with Crippen LogP contribution in [0.5, 0.6) is 0 Å². The number of alkyl halides is 3. The van der Waals surface area contributed by atoms with E-state index in [-0.39, 0.29) is 5.69 Å². The summed E-state index contributed by atoms with van der Waals surface area (Å²) in [6, 6.07) is 9.93. The van der Waals surface area contributed by atoms with E-state index in [0.717, 1.165) is 10.6 Å². The summed E-state index contributed by atoms with van der Waals surface area (Å²) < 4.78 is 37.0. The van der Waals surface area contributed by atoms with Crippen molar-refractivity contribution >= 4 is 40.8 Å². The molecule has 1 fully saturated rings. The number of H-pyrrole nitrogens is 1. The SMILES string of the molecule is Cc1cc(Nc2cc(N3CC(C)(O)C3)nc(Sc3ccc(NC(=O)CC(F)(F)F)cc3)n2)n[nH]1. The van der Waals surface area contributed by atoms with Crippen molar-refractivity contribution in [1.82, 2.24) is 20.2 Å². The molecule has 4 N–H and O–H groups in total. The summed E-state index contributed by atoms with van der Waals surface area (Å²) in [5.41, 5.74) is 0.359. The van der Waals surface area contributed by atoms with Crippen LogP contribution in [0.1, 0.15) is 19.0 Å². The second-order valence-corrected chi connectivity index (χ2v) is 9.32. The molecule has 1 aliphatic heterocycles. The number of nitrogens with one attached hydrogen (secondary N) is 3. The first kappa shape index (κ1) is 23.8. The zero-order valence-electron chi connectivity index (χ0n) is 18.3. The summed E-state index contributed by atoms with van der Waals surface area (Å²) >= 11 is 1.25. The Kier molecular flexibility index (Phi) is 6.41. The Morgan fingerprint density at radius 1 is 1.21 bits per heavy atom. The van der Waals surface area contributed by atoms with Gasteiger partial charge in [0.25, 0.3) is 0 Å². The molecule has 0 saturated carbocycles. The highest BCUT2D eigenvalue weighted by Crippen LogP contribution is 2.33. The van der Waals surface area contributed by atoms with E-state index in [1.165, 1.54) is 23.9 Å². The molecule has 0 radical (unpaired) electrons. The molecule has 3 aromatic rings. The van der Waals surface area contributed by atoms with Crippen molar-refractivity contribution in [2.24, 2.45) is 0 Å². The number of aryl methyl sites for hydroxylation is 1.